The topological polar surface area (TPSA) is 100 Å². The number of aromatic nitrogens is 2. The van der Waals surface area contributed by atoms with Gasteiger partial charge >= 0.3 is 5.97 Å². The lowest BCUT2D eigenvalue weighted by molar-refractivity contribution is 0.0698. The van der Waals surface area contributed by atoms with Gasteiger partial charge in [-0.3, -0.25) is 0 Å². The minimum Gasteiger partial charge on any atom is -0.490 e. The van der Waals surface area contributed by atoms with Crippen molar-refractivity contribution in [3.8, 4) is 23.0 Å². The lowest BCUT2D eigenvalue weighted by Gasteiger charge is -2.19. The molecule has 0 aliphatic heterocycles. The standard InChI is InChI=1S/C77H124N2O6/c1-5-9-13-17-21-25-29-33-37-41-45-49-56-82-70-60-65-66-61-71(83-57-50-46-42-38-34-30-26-22-18-14-10-6-2)73(85-59-52-48-44-40-36-32-28-24-20-16-12-8-4)63-68(66)76-75(78-69-55-53-54-64(77(80)81)74(69)79-76)67(65)62-72(70)84-58-51-47-43-39-35-31-27-23-19-15-11-7-3/h53-55,60-63H,5-52,56-59H2,1-4H3,(H,80,81). The molecule has 0 spiro atoms. The second-order valence-electron chi connectivity index (χ2n) is 25.5. The number of carboxylic acids is 1. The highest BCUT2D eigenvalue weighted by Gasteiger charge is 2.22. The maximum absolute atomic E-state index is 12.7. The first-order chi connectivity index (χ1) is 42.0. The third-order valence-electron chi connectivity index (χ3n) is 17.9. The number of hydrogen-bond acceptors (Lipinski definition) is 7. The molecule has 0 radical (unpaired) electrons. The van der Waals surface area contributed by atoms with Crippen LogP contribution in [0, 0.1) is 0 Å². The van der Waals surface area contributed by atoms with Crippen LogP contribution in [0.25, 0.3) is 43.6 Å². The lowest BCUT2D eigenvalue weighted by Crippen LogP contribution is -2.05. The molecule has 1 N–H and O–H groups in total. The van der Waals surface area contributed by atoms with Crippen molar-refractivity contribution < 1.29 is 28.8 Å². The number of para-hydroxylation sites is 1. The van der Waals surface area contributed by atoms with Crippen molar-refractivity contribution in [2.24, 2.45) is 0 Å². The summed E-state index contributed by atoms with van der Waals surface area (Å²) >= 11 is 0. The predicted molar refractivity (Wildman–Crippen MR) is 365 cm³/mol. The van der Waals surface area contributed by atoms with E-state index in [0.717, 1.165) is 90.2 Å². The van der Waals surface area contributed by atoms with Crippen LogP contribution >= 0.6 is 0 Å². The molecule has 0 bridgehead atoms. The average molecular weight is 1170 g/mol. The number of unbranched alkanes of at least 4 members (excludes halogenated alkanes) is 44. The second kappa shape index (κ2) is 46.8. The molecule has 0 unspecified atom stereocenters. The Morgan fingerprint density at radius 3 is 0.800 bits per heavy atom. The van der Waals surface area contributed by atoms with Crippen LogP contribution in [0.15, 0.2) is 42.5 Å². The predicted octanol–water partition coefficient (Wildman–Crippen LogP) is 25.1. The maximum Gasteiger partial charge on any atom is 0.337 e. The van der Waals surface area contributed by atoms with Gasteiger partial charge < -0.3 is 24.1 Å². The molecule has 8 heteroatoms. The summed E-state index contributed by atoms with van der Waals surface area (Å²) in [7, 11) is 0. The van der Waals surface area contributed by atoms with Crippen LogP contribution in [0.3, 0.4) is 0 Å². The Bertz CT molecular complexity index is 2500. The number of benzene rings is 4. The van der Waals surface area contributed by atoms with E-state index in [1.165, 1.54) is 257 Å². The summed E-state index contributed by atoms with van der Waals surface area (Å²) in [6.45, 7) is 11.6. The van der Waals surface area contributed by atoms with Gasteiger partial charge in [0.2, 0.25) is 0 Å². The average Bonchev–Trinajstić information content (AvgIpc) is 0.826. The van der Waals surface area contributed by atoms with Crippen LogP contribution in [-0.2, 0) is 0 Å². The molecule has 0 saturated heterocycles. The zero-order valence-electron chi connectivity index (χ0n) is 55.2. The zero-order valence-corrected chi connectivity index (χ0v) is 55.2. The normalized spacial score (nSPS) is 11.7. The van der Waals surface area contributed by atoms with E-state index in [1.54, 1.807) is 12.1 Å². The number of carboxylic acid groups (broad SMARTS) is 1. The highest BCUT2D eigenvalue weighted by Crippen LogP contribution is 2.45. The Hall–Kier alpha value is -4.33. The van der Waals surface area contributed by atoms with Crippen molar-refractivity contribution in [1.29, 1.82) is 0 Å². The molecule has 1 heterocycles. The van der Waals surface area contributed by atoms with Crippen molar-refractivity contribution in [2.75, 3.05) is 26.4 Å². The second-order valence-corrected chi connectivity index (χ2v) is 25.5. The first kappa shape index (κ1) is 71.4. The third-order valence-corrected chi connectivity index (χ3v) is 17.9. The van der Waals surface area contributed by atoms with Crippen LogP contribution < -0.4 is 18.9 Å². The van der Waals surface area contributed by atoms with Crippen LogP contribution in [0.2, 0.25) is 0 Å². The molecule has 4 aromatic carbocycles. The molecule has 1 aromatic heterocycles. The van der Waals surface area contributed by atoms with Crippen LogP contribution in [-0.4, -0.2) is 47.5 Å². The van der Waals surface area contributed by atoms with Gasteiger partial charge in [0.1, 0.15) is 5.52 Å². The van der Waals surface area contributed by atoms with Gasteiger partial charge in [0.05, 0.1) is 48.5 Å². The molecule has 0 amide bonds. The third kappa shape index (κ3) is 28.6. The van der Waals surface area contributed by atoms with Gasteiger partial charge in [-0.05, 0) is 72.9 Å². The van der Waals surface area contributed by atoms with E-state index in [4.69, 9.17) is 28.9 Å². The number of hydrogen-bond donors (Lipinski definition) is 1. The number of nitrogens with zero attached hydrogens (tertiary/aromatic N) is 2. The van der Waals surface area contributed by atoms with Crippen LogP contribution in [0.1, 0.15) is 346 Å². The van der Waals surface area contributed by atoms with E-state index < -0.39 is 5.97 Å². The van der Waals surface area contributed by atoms with Crippen LogP contribution in [0.4, 0.5) is 0 Å². The van der Waals surface area contributed by atoms with E-state index in [0.29, 0.717) is 54.2 Å². The number of aromatic carboxylic acids is 1. The Morgan fingerprint density at radius 2 is 0.541 bits per heavy atom. The molecule has 0 aliphatic rings. The summed E-state index contributed by atoms with van der Waals surface area (Å²) in [5.74, 6) is 1.90. The van der Waals surface area contributed by atoms with Crippen LogP contribution in [0.5, 0.6) is 23.0 Å². The number of rotatable bonds is 57. The number of fused-ring (bicyclic) bond motifs is 7. The van der Waals surface area contributed by atoms with Crippen molar-refractivity contribution in [3.63, 3.8) is 0 Å². The van der Waals surface area contributed by atoms with Gasteiger partial charge in [-0.1, -0.05) is 316 Å². The maximum atomic E-state index is 12.7. The molecule has 0 atom stereocenters. The van der Waals surface area contributed by atoms with Crippen molar-refractivity contribution in [2.45, 2.75) is 336 Å². The van der Waals surface area contributed by atoms with E-state index in [9.17, 15) is 9.90 Å². The highest BCUT2D eigenvalue weighted by molar-refractivity contribution is 6.25. The van der Waals surface area contributed by atoms with E-state index >= 15 is 0 Å². The molecule has 478 valence electrons. The summed E-state index contributed by atoms with van der Waals surface area (Å²) < 4.78 is 27.2. The molecular weight excluding hydrogens is 1050 g/mol. The fourth-order valence-electron chi connectivity index (χ4n) is 12.5. The molecular formula is C77H124N2O6. The zero-order chi connectivity index (χ0) is 60.0. The van der Waals surface area contributed by atoms with Crippen molar-refractivity contribution in [3.05, 3.63) is 48.0 Å². The Kier molecular flexibility index (Phi) is 39.3. The van der Waals surface area contributed by atoms with Gasteiger partial charge in [0.25, 0.3) is 0 Å². The van der Waals surface area contributed by atoms with Crippen molar-refractivity contribution in [1.82, 2.24) is 9.97 Å². The molecule has 5 rings (SSSR count). The fraction of sp³-hybridized carbons (Fsp3) is 0.727. The largest absolute Gasteiger partial charge is 0.490 e. The minimum atomic E-state index is -1.02. The summed E-state index contributed by atoms with van der Waals surface area (Å²) in [6.07, 6.45) is 62.0. The van der Waals surface area contributed by atoms with Gasteiger partial charge in [-0.2, -0.15) is 0 Å². The molecule has 8 nitrogen and oxygen atoms in total. The molecule has 0 aliphatic carbocycles. The summed E-state index contributed by atoms with van der Waals surface area (Å²) in [6, 6.07) is 13.8. The van der Waals surface area contributed by atoms with Gasteiger partial charge in [-0.25, -0.2) is 14.8 Å². The van der Waals surface area contributed by atoms with Gasteiger partial charge in [-0.15, -0.1) is 0 Å². The SMILES string of the molecule is CCCCCCCCCCCCCCOc1cc2c3cc(OCCCCCCCCCCCCCC)c(OCCCCCCCCCCCCCC)cc3c3nc4c(C(=O)O)cccc4nc3c2cc1OCCCCCCCCCCCCCC. The quantitative estimate of drug-likeness (QED) is 0.0233. The summed E-state index contributed by atoms with van der Waals surface area (Å²) in [4.78, 5) is 23.3. The lowest BCUT2D eigenvalue weighted by atomic mass is 9.97. The summed E-state index contributed by atoms with van der Waals surface area (Å²) in [5.41, 5.74) is 2.41. The summed E-state index contributed by atoms with van der Waals surface area (Å²) in [5, 5.41) is 14.1. The molecule has 5 aromatic rings. The van der Waals surface area contributed by atoms with E-state index in [-0.39, 0.29) is 5.56 Å². The molecule has 85 heavy (non-hydrogen) atoms. The monoisotopic (exact) mass is 1170 g/mol. The van der Waals surface area contributed by atoms with Gasteiger partial charge in [0.15, 0.2) is 23.0 Å². The van der Waals surface area contributed by atoms with E-state index in [1.807, 2.05) is 6.07 Å². The Morgan fingerprint density at radius 1 is 0.306 bits per heavy atom. The van der Waals surface area contributed by atoms with E-state index in [2.05, 4.69) is 52.0 Å². The smallest absolute Gasteiger partial charge is 0.337 e. The first-order valence-corrected chi connectivity index (χ1v) is 36.4. The Labute approximate surface area is 519 Å². The van der Waals surface area contributed by atoms with Gasteiger partial charge in [0, 0.05) is 10.8 Å². The first-order valence-electron chi connectivity index (χ1n) is 36.4. The number of ether oxygens (including phenoxy) is 4. The number of carbonyl (C=O) groups is 1. The highest BCUT2D eigenvalue weighted by atomic mass is 16.5. The van der Waals surface area contributed by atoms with Crippen molar-refractivity contribution >= 4 is 49.6 Å². The minimum absolute atomic E-state index is 0.138. The molecule has 0 saturated carbocycles. The Balaban J connectivity index is 1.40. The molecule has 0 fully saturated rings. The fourth-order valence-corrected chi connectivity index (χ4v) is 12.5.